The number of hydrogen-bond donors (Lipinski definition) is 1. The molecule has 0 spiro atoms. The molecular formula is C21H20FN5O2. The second-order valence-corrected chi connectivity index (χ2v) is 7.51. The summed E-state index contributed by atoms with van der Waals surface area (Å²) >= 11 is 0. The number of fused-ring (bicyclic) bond motifs is 2. The first-order chi connectivity index (χ1) is 14.0. The number of anilines is 2. The number of ether oxygens (including phenoxy) is 1. The third kappa shape index (κ3) is 3.00. The molecule has 1 unspecified atom stereocenters. The maximum atomic E-state index is 14.7. The Hall–Kier alpha value is -3.42. The molecule has 5 rings (SSSR count). The molecule has 2 aliphatic heterocycles. The molecule has 0 bridgehead atoms. The van der Waals surface area contributed by atoms with Gasteiger partial charge in [0.15, 0.2) is 5.82 Å². The van der Waals surface area contributed by atoms with Gasteiger partial charge in [-0.2, -0.15) is 0 Å². The van der Waals surface area contributed by atoms with Gasteiger partial charge in [0.25, 0.3) is 0 Å². The fourth-order valence-corrected chi connectivity index (χ4v) is 3.99. The van der Waals surface area contributed by atoms with Crippen molar-refractivity contribution in [1.29, 1.82) is 0 Å². The molecule has 8 heteroatoms. The number of amides is 1. The number of aromatic nitrogens is 3. The van der Waals surface area contributed by atoms with Crippen LogP contribution in [0.15, 0.2) is 36.4 Å². The second kappa shape index (κ2) is 6.58. The predicted molar refractivity (Wildman–Crippen MR) is 106 cm³/mol. The summed E-state index contributed by atoms with van der Waals surface area (Å²) in [7, 11) is 1.82. The summed E-state index contributed by atoms with van der Waals surface area (Å²) in [4.78, 5) is 13.7. The van der Waals surface area contributed by atoms with Crippen LogP contribution in [0, 0.1) is 5.82 Å². The topological polar surface area (TPSA) is 72.3 Å². The van der Waals surface area contributed by atoms with Crippen molar-refractivity contribution in [3.63, 3.8) is 0 Å². The highest BCUT2D eigenvalue weighted by atomic mass is 19.1. The van der Waals surface area contributed by atoms with E-state index in [4.69, 9.17) is 4.74 Å². The van der Waals surface area contributed by atoms with Gasteiger partial charge in [0.05, 0.1) is 18.5 Å². The largest absolute Gasteiger partial charge is 0.489 e. The highest BCUT2D eigenvalue weighted by Gasteiger charge is 2.27. The number of carbonyl (C=O) groups is 1. The van der Waals surface area contributed by atoms with Gasteiger partial charge in [-0.25, -0.2) is 4.39 Å². The van der Waals surface area contributed by atoms with E-state index in [1.54, 1.807) is 10.6 Å². The number of nitrogens with one attached hydrogen (secondary N) is 1. The molecule has 7 nitrogen and oxygen atoms in total. The Morgan fingerprint density at radius 3 is 2.90 bits per heavy atom. The van der Waals surface area contributed by atoms with Gasteiger partial charge in [0, 0.05) is 24.8 Å². The van der Waals surface area contributed by atoms with Crippen LogP contribution < -0.4 is 15.0 Å². The van der Waals surface area contributed by atoms with Gasteiger partial charge in [-0.3, -0.25) is 9.36 Å². The van der Waals surface area contributed by atoms with Crippen molar-refractivity contribution in [1.82, 2.24) is 14.8 Å². The van der Waals surface area contributed by atoms with Gasteiger partial charge in [0.2, 0.25) is 11.9 Å². The van der Waals surface area contributed by atoms with Crippen molar-refractivity contribution in [2.45, 2.75) is 26.0 Å². The lowest BCUT2D eigenvalue weighted by Crippen LogP contribution is -2.32. The molecule has 0 radical (unpaired) electrons. The Balaban J connectivity index is 1.52. The lowest BCUT2D eigenvalue weighted by atomic mass is 10.1. The summed E-state index contributed by atoms with van der Waals surface area (Å²) in [6.45, 7) is 3.26. The minimum absolute atomic E-state index is 0.0346. The Morgan fingerprint density at radius 1 is 1.21 bits per heavy atom. The summed E-state index contributed by atoms with van der Waals surface area (Å²) in [6, 6.07) is 11.0. The number of carbonyl (C=O) groups excluding carboxylic acids is 1. The van der Waals surface area contributed by atoms with Crippen LogP contribution in [0.25, 0.3) is 11.4 Å². The summed E-state index contributed by atoms with van der Waals surface area (Å²) < 4.78 is 22.6. The molecule has 0 saturated heterocycles. The molecule has 2 aliphatic rings. The number of para-hydroxylation sites is 1. The van der Waals surface area contributed by atoms with Crippen LogP contribution in [-0.4, -0.2) is 33.3 Å². The fourth-order valence-electron chi connectivity index (χ4n) is 3.99. The molecular weight excluding hydrogens is 373 g/mol. The molecule has 1 amide bonds. The van der Waals surface area contributed by atoms with Crippen LogP contribution in [-0.2, 0) is 24.8 Å². The molecule has 1 N–H and O–H groups in total. The first-order valence-corrected chi connectivity index (χ1v) is 9.51. The predicted octanol–water partition coefficient (Wildman–Crippen LogP) is 2.90. The van der Waals surface area contributed by atoms with Gasteiger partial charge in [-0.05, 0) is 30.7 Å². The Morgan fingerprint density at radius 2 is 2.03 bits per heavy atom. The second-order valence-electron chi connectivity index (χ2n) is 7.51. The summed E-state index contributed by atoms with van der Waals surface area (Å²) in [5.41, 5.74) is 2.69. The quantitative estimate of drug-likeness (QED) is 0.725. The Labute approximate surface area is 167 Å². The van der Waals surface area contributed by atoms with E-state index >= 15 is 0 Å². The number of rotatable bonds is 2. The average molecular weight is 393 g/mol. The molecule has 1 aromatic heterocycles. The molecule has 29 heavy (non-hydrogen) atoms. The van der Waals surface area contributed by atoms with Crippen LogP contribution in [0.1, 0.15) is 18.1 Å². The van der Waals surface area contributed by atoms with Gasteiger partial charge in [-0.15, -0.1) is 10.2 Å². The molecule has 0 fully saturated rings. The van der Waals surface area contributed by atoms with E-state index < -0.39 is 5.82 Å². The van der Waals surface area contributed by atoms with E-state index in [0.717, 1.165) is 16.9 Å². The Kier molecular flexibility index (Phi) is 4.01. The minimum Gasteiger partial charge on any atom is -0.489 e. The van der Waals surface area contributed by atoms with Crippen molar-refractivity contribution < 1.29 is 13.9 Å². The molecule has 1 atom stereocenters. The third-order valence-electron chi connectivity index (χ3n) is 5.33. The van der Waals surface area contributed by atoms with E-state index in [9.17, 15) is 9.18 Å². The summed E-state index contributed by atoms with van der Waals surface area (Å²) in [5, 5.41) is 11.3. The average Bonchev–Trinajstić information content (AvgIpc) is 3.17. The number of hydrogen-bond acceptors (Lipinski definition) is 5. The van der Waals surface area contributed by atoms with Crippen molar-refractivity contribution in [3.05, 3.63) is 53.3 Å². The maximum Gasteiger partial charge on any atom is 0.228 e. The molecule has 3 aromatic rings. The summed E-state index contributed by atoms with van der Waals surface area (Å²) in [5.74, 6) is 1.36. The monoisotopic (exact) mass is 393 g/mol. The highest BCUT2D eigenvalue weighted by Crippen LogP contribution is 2.33. The molecule has 2 aromatic carbocycles. The first-order valence-electron chi connectivity index (χ1n) is 9.51. The van der Waals surface area contributed by atoms with Crippen LogP contribution in [0.4, 0.5) is 16.0 Å². The van der Waals surface area contributed by atoms with Crippen molar-refractivity contribution >= 4 is 17.5 Å². The lowest BCUT2D eigenvalue weighted by molar-refractivity contribution is -0.115. The first kappa shape index (κ1) is 17.7. The molecule has 3 heterocycles. The zero-order chi connectivity index (χ0) is 20.1. The zero-order valence-electron chi connectivity index (χ0n) is 16.1. The van der Waals surface area contributed by atoms with E-state index in [1.165, 1.54) is 6.07 Å². The van der Waals surface area contributed by atoms with Crippen molar-refractivity contribution in [3.8, 4) is 17.1 Å². The molecule has 0 saturated carbocycles. The third-order valence-corrected chi connectivity index (χ3v) is 5.33. The number of nitrogens with zero attached hydrogens (tertiary/aromatic N) is 4. The smallest absolute Gasteiger partial charge is 0.228 e. The van der Waals surface area contributed by atoms with Gasteiger partial charge in [0.1, 0.15) is 17.7 Å². The highest BCUT2D eigenvalue weighted by molar-refractivity contribution is 5.99. The van der Waals surface area contributed by atoms with Crippen LogP contribution in [0.5, 0.6) is 5.75 Å². The minimum atomic E-state index is -0.439. The summed E-state index contributed by atoms with van der Waals surface area (Å²) in [6.07, 6.45) is 0.207. The Bertz CT molecular complexity index is 1130. The van der Waals surface area contributed by atoms with E-state index in [0.29, 0.717) is 36.1 Å². The number of benzene rings is 2. The lowest BCUT2D eigenvalue weighted by Gasteiger charge is -2.22. The van der Waals surface area contributed by atoms with E-state index in [2.05, 4.69) is 20.4 Å². The fraction of sp³-hybridized carbons (Fsp3) is 0.286. The van der Waals surface area contributed by atoms with Gasteiger partial charge in [-0.1, -0.05) is 18.2 Å². The van der Waals surface area contributed by atoms with Gasteiger partial charge >= 0.3 is 0 Å². The molecule has 0 aliphatic carbocycles. The maximum absolute atomic E-state index is 14.7. The standard InChI is InChI=1S/C21H20FN5O2/c1-12-10-27(11-13-5-3-4-6-18(13)29-12)21-25-24-20(26(21)2)15-7-14-8-19(28)23-17(14)9-16(15)22/h3-7,9,12H,8,10-11H2,1-2H3,(H,23,28). The van der Waals surface area contributed by atoms with Crippen LogP contribution >= 0.6 is 0 Å². The van der Waals surface area contributed by atoms with Crippen molar-refractivity contribution in [2.24, 2.45) is 7.05 Å². The van der Waals surface area contributed by atoms with Crippen molar-refractivity contribution in [2.75, 3.05) is 16.8 Å². The van der Waals surface area contributed by atoms with E-state index in [1.807, 2.05) is 38.2 Å². The zero-order valence-corrected chi connectivity index (χ0v) is 16.1. The van der Waals surface area contributed by atoms with E-state index in [-0.39, 0.29) is 18.4 Å². The normalized spacial score (nSPS) is 18.0. The van der Waals surface area contributed by atoms with Crippen LogP contribution in [0.3, 0.4) is 0 Å². The molecule has 148 valence electrons. The van der Waals surface area contributed by atoms with Gasteiger partial charge < -0.3 is 15.0 Å². The number of halogens is 1. The SMILES string of the molecule is CC1CN(c2nnc(-c3cc4c(cc3F)NC(=O)C4)n2C)Cc2ccccc2O1. The van der Waals surface area contributed by atoms with Crippen LogP contribution in [0.2, 0.25) is 0 Å².